The maximum atomic E-state index is 11.8. The number of rotatable bonds is 4. The van der Waals surface area contributed by atoms with Crippen LogP contribution in [0.25, 0.3) is 11.3 Å². The number of hydrogen-bond donors (Lipinski definition) is 0. The van der Waals surface area contributed by atoms with E-state index in [0.717, 1.165) is 0 Å². The number of carbonyl (C=O) groups excluding carboxylic acids is 1. The number of nitrogens with zero attached hydrogens (tertiary/aromatic N) is 2. The van der Waals surface area contributed by atoms with Crippen molar-refractivity contribution in [3.05, 3.63) is 39.6 Å². The van der Waals surface area contributed by atoms with Crippen molar-refractivity contribution in [3.8, 4) is 17.0 Å². The highest BCUT2D eigenvalue weighted by atomic mass is 16.6. The third-order valence-electron chi connectivity index (χ3n) is 2.90. The van der Waals surface area contributed by atoms with Gasteiger partial charge >= 0.3 is 5.97 Å². The van der Waals surface area contributed by atoms with Crippen molar-refractivity contribution in [2.75, 3.05) is 14.2 Å². The number of ether oxygens (including phenoxy) is 2. The van der Waals surface area contributed by atoms with Crippen LogP contribution in [0.3, 0.4) is 0 Å². The molecule has 0 saturated carbocycles. The summed E-state index contributed by atoms with van der Waals surface area (Å²) in [5.41, 5.74) is 0.645. The average Bonchev–Trinajstić information content (AvgIpc) is 2.87. The minimum atomic E-state index is -0.607. The minimum absolute atomic E-state index is 0.129. The highest BCUT2D eigenvalue weighted by Crippen LogP contribution is 2.35. The van der Waals surface area contributed by atoms with Gasteiger partial charge in [-0.25, -0.2) is 4.79 Å². The second kappa shape index (κ2) is 5.61. The van der Waals surface area contributed by atoms with Crippen molar-refractivity contribution in [2.45, 2.75) is 6.92 Å². The second-order valence-electron chi connectivity index (χ2n) is 4.10. The molecule has 0 fully saturated rings. The van der Waals surface area contributed by atoms with Crippen molar-refractivity contribution in [1.82, 2.24) is 5.16 Å². The van der Waals surface area contributed by atoms with Gasteiger partial charge < -0.3 is 14.0 Å². The zero-order valence-corrected chi connectivity index (χ0v) is 11.6. The lowest BCUT2D eigenvalue weighted by molar-refractivity contribution is -0.384. The fourth-order valence-electron chi connectivity index (χ4n) is 1.89. The predicted molar refractivity (Wildman–Crippen MR) is 71.2 cm³/mol. The molecule has 0 atom stereocenters. The van der Waals surface area contributed by atoms with Crippen LogP contribution in [0.4, 0.5) is 5.69 Å². The smallest absolute Gasteiger partial charge is 0.343 e. The van der Waals surface area contributed by atoms with Crippen LogP contribution in [0, 0.1) is 17.0 Å². The number of methoxy groups -OCH3 is 2. The van der Waals surface area contributed by atoms with Gasteiger partial charge in [-0.05, 0) is 13.0 Å². The Kier molecular flexibility index (Phi) is 3.88. The van der Waals surface area contributed by atoms with Crippen LogP contribution in [-0.4, -0.2) is 30.3 Å². The Balaban J connectivity index is 2.62. The van der Waals surface area contributed by atoms with Crippen LogP contribution in [0.5, 0.6) is 5.75 Å². The topological polar surface area (TPSA) is 105 Å². The molecule has 21 heavy (non-hydrogen) atoms. The lowest BCUT2D eigenvalue weighted by Gasteiger charge is -2.07. The molecule has 0 aliphatic heterocycles. The maximum absolute atomic E-state index is 11.8. The molecule has 1 aromatic heterocycles. The summed E-state index contributed by atoms with van der Waals surface area (Å²) in [6, 6.07) is 3.99. The molecule has 1 aromatic carbocycles. The van der Waals surface area contributed by atoms with Gasteiger partial charge in [0.25, 0.3) is 5.69 Å². The lowest BCUT2D eigenvalue weighted by Crippen LogP contribution is -2.04. The summed E-state index contributed by atoms with van der Waals surface area (Å²) in [5.74, 6) is -0.107. The van der Waals surface area contributed by atoms with E-state index in [2.05, 4.69) is 9.89 Å². The van der Waals surface area contributed by atoms with Gasteiger partial charge in [0, 0.05) is 11.6 Å². The summed E-state index contributed by atoms with van der Waals surface area (Å²) in [6.45, 7) is 1.57. The first-order valence-corrected chi connectivity index (χ1v) is 5.87. The first-order valence-electron chi connectivity index (χ1n) is 5.87. The van der Waals surface area contributed by atoms with E-state index >= 15 is 0 Å². The molecular weight excluding hydrogens is 280 g/mol. The van der Waals surface area contributed by atoms with Crippen molar-refractivity contribution in [2.24, 2.45) is 0 Å². The lowest BCUT2D eigenvalue weighted by atomic mass is 10.0. The van der Waals surface area contributed by atoms with Crippen molar-refractivity contribution in [1.29, 1.82) is 0 Å². The molecule has 0 saturated heterocycles. The highest BCUT2D eigenvalue weighted by molar-refractivity contribution is 5.97. The minimum Gasteiger partial charge on any atom is -0.496 e. The van der Waals surface area contributed by atoms with Crippen molar-refractivity contribution >= 4 is 11.7 Å². The first-order chi connectivity index (χ1) is 9.99. The number of hydrogen-bond acceptors (Lipinski definition) is 7. The predicted octanol–water partition coefficient (Wildman–Crippen LogP) is 2.35. The summed E-state index contributed by atoms with van der Waals surface area (Å²) < 4.78 is 14.8. The molecule has 0 N–H and O–H groups in total. The number of non-ortho nitro benzene ring substituents is 1. The van der Waals surface area contributed by atoms with E-state index in [0.29, 0.717) is 5.56 Å². The van der Waals surface area contributed by atoms with Gasteiger partial charge in [-0.1, -0.05) is 5.16 Å². The Bertz CT molecular complexity index is 707. The molecule has 110 valence electrons. The molecule has 0 spiro atoms. The van der Waals surface area contributed by atoms with Crippen LogP contribution in [0.1, 0.15) is 16.1 Å². The number of aryl methyl sites for hydroxylation is 1. The number of carbonyl (C=O) groups is 1. The molecule has 2 aromatic rings. The molecule has 0 amide bonds. The molecule has 1 heterocycles. The molecule has 2 rings (SSSR count). The number of esters is 1. The number of benzene rings is 1. The summed E-state index contributed by atoms with van der Waals surface area (Å²) in [7, 11) is 2.61. The van der Waals surface area contributed by atoms with E-state index in [1.54, 1.807) is 6.92 Å². The van der Waals surface area contributed by atoms with Crippen LogP contribution < -0.4 is 4.74 Å². The van der Waals surface area contributed by atoms with E-state index in [9.17, 15) is 14.9 Å². The first kappa shape index (κ1) is 14.5. The monoisotopic (exact) mass is 292 g/mol. The fraction of sp³-hybridized carbons (Fsp3) is 0.231. The van der Waals surface area contributed by atoms with E-state index in [1.165, 1.54) is 32.4 Å². The van der Waals surface area contributed by atoms with Crippen molar-refractivity contribution in [3.63, 3.8) is 0 Å². The van der Waals surface area contributed by atoms with E-state index in [1.807, 2.05) is 0 Å². The normalized spacial score (nSPS) is 10.2. The Morgan fingerprint density at radius 2 is 2.10 bits per heavy atom. The Labute approximate surface area is 119 Å². The number of aromatic nitrogens is 1. The number of nitro benzene ring substituents is 1. The molecular formula is C13H12N2O6. The molecule has 0 bridgehead atoms. The fourth-order valence-corrected chi connectivity index (χ4v) is 1.89. The van der Waals surface area contributed by atoms with Gasteiger partial charge in [0.05, 0.1) is 25.2 Å². The van der Waals surface area contributed by atoms with Gasteiger partial charge in [-0.15, -0.1) is 0 Å². The van der Waals surface area contributed by atoms with E-state index in [-0.39, 0.29) is 28.5 Å². The van der Waals surface area contributed by atoms with Gasteiger partial charge in [-0.2, -0.15) is 0 Å². The zero-order valence-electron chi connectivity index (χ0n) is 11.6. The summed E-state index contributed by atoms with van der Waals surface area (Å²) in [6.07, 6.45) is 0. The third-order valence-corrected chi connectivity index (χ3v) is 2.90. The largest absolute Gasteiger partial charge is 0.496 e. The standard InChI is InChI=1S/C13H12N2O6/c1-7-11(13(16)20-3)12(14-21-7)9-5-4-8(15(17)18)6-10(9)19-2/h4-6H,1-3H3. The summed E-state index contributed by atoms with van der Waals surface area (Å²) in [5, 5.41) is 14.6. The van der Waals surface area contributed by atoms with Gasteiger partial charge in [0.15, 0.2) is 0 Å². The van der Waals surface area contributed by atoms with Crippen LogP contribution in [-0.2, 0) is 4.74 Å². The maximum Gasteiger partial charge on any atom is 0.343 e. The SMILES string of the molecule is COC(=O)c1c(-c2ccc([N+](=O)[O-])cc2OC)noc1C. The zero-order chi connectivity index (χ0) is 15.6. The van der Waals surface area contributed by atoms with E-state index in [4.69, 9.17) is 9.26 Å². The Morgan fingerprint density at radius 3 is 2.67 bits per heavy atom. The van der Waals surface area contributed by atoms with Gasteiger partial charge in [0.2, 0.25) is 0 Å². The molecule has 8 nitrogen and oxygen atoms in total. The average molecular weight is 292 g/mol. The number of nitro groups is 1. The van der Waals surface area contributed by atoms with Gasteiger partial charge in [-0.3, -0.25) is 10.1 Å². The molecule has 0 radical (unpaired) electrons. The molecule has 0 aliphatic carbocycles. The third kappa shape index (κ3) is 2.55. The van der Waals surface area contributed by atoms with Crippen LogP contribution in [0.2, 0.25) is 0 Å². The van der Waals surface area contributed by atoms with Crippen LogP contribution >= 0.6 is 0 Å². The molecule has 8 heteroatoms. The van der Waals surface area contributed by atoms with Crippen LogP contribution in [0.15, 0.2) is 22.7 Å². The second-order valence-corrected chi connectivity index (χ2v) is 4.10. The summed E-state index contributed by atoms with van der Waals surface area (Å²) >= 11 is 0. The molecule has 0 aliphatic rings. The highest BCUT2D eigenvalue weighted by Gasteiger charge is 2.25. The van der Waals surface area contributed by atoms with Crippen molar-refractivity contribution < 1.29 is 23.7 Å². The Hall–Kier alpha value is -2.90. The Morgan fingerprint density at radius 1 is 1.38 bits per heavy atom. The van der Waals surface area contributed by atoms with Gasteiger partial charge in [0.1, 0.15) is 22.8 Å². The quantitative estimate of drug-likeness (QED) is 0.483. The molecule has 0 unspecified atom stereocenters. The summed E-state index contributed by atoms with van der Waals surface area (Å²) in [4.78, 5) is 22.0. The van der Waals surface area contributed by atoms with E-state index < -0.39 is 10.9 Å².